The molecule has 1 aromatic carbocycles. The van der Waals surface area contributed by atoms with Gasteiger partial charge in [0.05, 0.1) is 0 Å². The van der Waals surface area contributed by atoms with Crippen LogP contribution in [0.2, 0.25) is 0 Å². The molecular weight excluding hydrogens is 156 g/mol. The van der Waals surface area contributed by atoms with Gasteiger partial charge in [-0.1, -0.05) is 0 Å². The van der Waals surface area contributed by atoms with Gasteiger partial charge in [0.1, 0.15) is 5.56 Å². The standard InChI is InChI=1S/C8H10N2O2/c1-4-2-5(9)7(8(11)12)6(10)3-4/h2-3H,9-10H2,1H3,(H,11,12). The summed E-state index contributed by atoms with van der Waals surface area (Å²) in [5, 5.41) is 8.68. The third-order valence-electron chi connectivity index (χ3n) is 1.56. The number of aromatic carboxylic acids is 1. The van der Waals surface area contributed by atoms with Crippen LogP contribution in [0.3, 0.4) is 0 Å². The molecule has 0 aromatic heterocycles. The van der Waals surface area contributed by atoms with Crippen LogP contribution in [-0.2, 0) is 0 Å². The van der Waals surface area contributed by atoms with Gasteiger partial charge in [-0.2, -0.15) is 0 Å². The highest BCUT2D eigenvalue weighted by atomic mass is 16.4. The first-order chi connectivity index (χ1) is 5.52. The molecule has 0 heterocycles. The van der Waals surface area contributed by atoms with Crippen LogP contribution < -0.4 is 11.5 Å². The third kappa shape index (κ3) is 1.32. The molecule has 12 heavy (non-hydrogen) atoms. The van der Waals surface area contributed by atoms with Gasteiger partial charge in [0.15, 0.2) is 0 Å². The zero-order valence-electron chi connectivity index (χ0n) is 6.66. The fourth-order valence-electron chi connectivity index (χ4n) is 1.09. The van der Waals surface area contributed by atoms with Crippen LogP contribution in [0.4, 0.5) is 11.4 Å². The Morgan fingerprint density at radius 1 is 1.33 bits per heavy atom. The number of hydrogen-bond acceptors (Lipinski definition) is 3. The number of hydrogen-bond donors (Lipinski definition) is 3. The van der Waals surface area contributed by atoms with E-state index in [1.165, 1.54) is 0 Å². The van der Waals surface area contributed by atoms with Crippen molar-refractivity contribution in [2.75, 3.05) is 11.5 Å². The summed E-state index contributed by atoms with van der Waals surface area (Å²) in [4.78, 5) is 10.6. The third-order valence-corrected chi connectivity index (χ3v) is 1.56. The lowest BCUT2D eigenvalue weighted by atomic mass is 10.1. The summed E-state index contributed by atoms with van der Waals surface area (Å²) in [5.74, 6) is -1.09. The number of nitrogen functional groups attached to an aromatic ring is 2. The summed E-state index contributed by atoms with van der Waals surface area (Å²) in [5.41, 5.74) is 12.2. The number of anilines is 2. The van der Waals surface area contributed by atoms with Gasteiger partial charge in [-0.25, -0.2) is 4.79 Å². The Morgan fingerprint density at radius 3 is 2.08 bits per heavy atom. The number of rotatable bonds is 1. The van der Waals surface area contributed by atoms with Crippen LogP contribution in [0.5, 0.6) is 0 Å². The molecule has 0 amide bonds. The lowest BCUT2D eigenvalue weighted by Gasteiger charge is -2.05. The Bertz CT molecular complexity index is 311. The molecule has 1 aromatic rings. The number of carboxylic acids is 1. The second kappa shape index (κ2) is 2.73. The molecule has 1 rings (SSSR count). The largest absolute Gasteiger partial charge is 0.478 e. The van der Waals surface area contributed by atoms with Crippen LogP contribution in [0, 0.1) is 6.92 Å². The average Bonchev–Trinajstić information content (AvgIpc) is 1.82. The Kier molecular flexibility index (Phi) is 1.91. The van der Waals surface area contributed by atoms with E-state index in [2.05, 4.69) is 0 Å². The maximum absolute atomic E-state index is 10.6. The predicted octanol–water partition coefficient (Wildman–Crippen LogP) is 0.858. The van der Waals surface area contributed by atoms with Crippen molar-refractivity contribution in [3.8, 4) is 0 Å². The molecule has 0 aliphatic heterocycles. The van der Waals surface area contributed by atoms with Crippen molar-refractivity contribution in [2.24, 2.45) is 0 Å². The highest BCUT2D eigenvalue weighted by Gasteiger charge is 2.11. The number of nitrogens with two attached hydrogens (primary N) is 2. The van der Waals surface area contributed by atoms with Crippen molar-refractivity contribution in [1.29, 1.82) is 0 Å². The van der Waals surface area contributed by atoms with Crippen molar-refractivity contribution in [3.63, 3.8) is 0 Å². The van der Waals surface area contributed by atoms with Gasteiger partial charge in [0, 0.05) is 11.4 Å². The van der Waals surface area contributed by atoms with Crippen molar-refractivity contribution in [1.82, 2.24) is 0 Å². The molecule has 0 unspecified atom stereocenters. The molecule has 5 N–H and O–H groups in total. The minimum absolute atomic E-state index is 0.0133. The highest BCUT2D eigenvalue weighted by Crippen LogP contribution is 2.21. The quantitative estimate of drug-likeness (QED) is 0.540. The van der Waals surface area contributed by atoms with E-state index in [1.54, 1.807) is 19.1 Å². The topological polar surface area (TPSA) is 89.3 Å². The van der Waals surface area contributed by atoms with E-state index >= 15 is 0 Å². The molecule has 0 aliphatic carbocycles. The SMILES string of the molecule is Cc1cc(N)c(C(=O)O)c(N)c1. The first-order valence-electron chi connectivity index (χ1n) is 3.41. The van der Waals surface area contributed by atoms with Gasteiger partial charge in [-0.3, -0.25) is 0 Å². The Balaban J connectivity index is 3.38. The number of carboxylic acid groups (broad SMARTS) is 1. The highest BCUT2D eigenvalue weighted by molar-refractivity contribution is 5.99. The zero-order valence-corrected chi connectivity index (χ0v) is 6.66. The summed E-state index contributed by atoms with van der Waals surface area (Å²) in [7, 11) is 0. The lowest BCUT2D eigenvalue weighted by molar-refractivity contribution is 0.0699. The van der Waals surface area contributed by atoms with Crippen LogP contribution in [0.15, 0.2) is 12.1 Å². The molecule has 0 radical (unpaired) electrons. The van der Waals surface area contributed by atoms with E-state index in [0.29, 0.717) is 0 Å². The molecule has 0 saturated heterocycles. The van der Waals surface area contributed by atoms with Gasteiger partial charge >= 0.3 is 5.97 Å². The maximum Gasteiger partial charge on any atom is 0.339 e. The molecule has 0 atom stereocenters. The van der Waals surface area contributed by atoms with E-state index in [0.717, 1.165) is 5.56 Å². The molecule has 0 spiro atoms. The summed E-state index contributed by atoms with van der Waals surface area (Å²) < 4.78 is 0. The van der Waals surface area contributed by atoms with Crippen molar-refractivity contribution < 1.29 is 9.90 Å². The summed E-state index contributed by atoms with van der Waals surface area (Å²) in [6, 6.07) is 3.17. The minimum Gasteiger partial charge on any atom is -0.478 e. The van der Waals surface area contributed by atoms with E-state index in [4.69, 9.17) is 16.6 Å². The summed E-state index contributed by atoms with van der Waals surface area (Å²) in [6.07, 6.45) is 0. The monoisotopic (exact) mass is 166 g/mol. The predicted molar refractivity (Wildman–Crippen MR) is 47.0 cm³/mol. The lowest BCUT2D eigenvalue weighted by Crippen LogP contribution is -2.07. The van der Waals surface area contributed by atoms with Gasteiger partial charge in [-0.05, 0) is 24.6 Å². The number of benzene rings is 1. The van der Waals surface area contributed by atoms with Crippen LogP contribution >= 0.6 is 0 Å². The maximum atomic E-state index is 10.6. The Labute approximate surface area is 69.8 Å². The Hall–Kier alpha value is -1.71. The van der Waals surface area contributed by atoms with E-state index < -0.39 is 5.97 Å². The Morgan fingerprint density at radius 2 is 1.75 bits per heavy atom. The van der Waals surface area contributed by atoms with Gasteiger partial charge in [-0.15, -0.1) is 0 Å². The summed E-state index contributed by atoms with van der Waals surface area (Å²) in [6.45, 7) is 1.80. The molecule has 0 saturated carbocycles. The van der Waals surface area contributed by atoms with Crippen LogP contribution in [-0.4, -0.2) is 11.1 Å². The molecule has 64 valence electrons. The molecule has 0 bridgehead atoms. The smallest absolute Gasteiger partial charge is 0.339 e. The first kappa shape index (κ1) is 8.39. The van der Waals surface area contributed by atoms with Gasteiger partial charge < -0.3 is 16.6 Å². The minimum atomic E-state index is -1.09. The average molecular weight is 166 g/mol. The summed E-state index contributed by atoms with van der Waals surface area (Å²) >= 11 is 0. The van der Waals surface area contributed by atoms with Gasteiger partial charge in [0.25, 0.3) is 0 Å². The first-order valence-corrected chi connectivity index (χ1v) is 3.41. The number of aryl methyl sites for hydroxylation is 1. The van der Waals surface area contributed by atoms with Crippen molar-refractivity contribution in [3.05, 3.63) is 23.3 Å². The van der Waals surface area contributed by atoms with Crippen LogP contribution in [0.25, 0.3) is 0 Å². The molecule has 0 fully saturated rings. The number of carbonyl (C=O) groups is 1. The fourth-order valence-corrected chi connectivity index (χ4v) is 1.09. The molecule has 0 aliphatic rings. The van der Waals surface area contributed by atoms with Crippen LogP contribution in [0.1, 0.15) is 15.9 Å². The normalized spacial score (nSPS) is 9.75. The second-order valence-electron chi connectivity index (χ2n) is 2.62. The zero-order chi connectivity index (χ0) is 9.30. The molecule has 4 nitrogen and oxygen atoms in total. The molecule has 4 heteroatoms. The van der Waals surface area contributed by atoms with Crippen molar-refractivity contribution >= 4 is 17.3 Å². The second-order valence-corrected chi connectivity index (χ2v) is 2.62. The van der Waals surface area contributed by atoms with Gasteiger partial charge in [0.2, 0.25) is 0 Å². The van der Waals surface area contributed by atoms with E-state index in [-0.39, 0.29) is 16.9 Å². The fraction of sp³-hybridized carbons (Fsp3) is 0.125. The van der Waals surface area contributed by atoms with E-state index in [1.807, 2.05) is 0 Å². The van der Waals surface area contributed by atoms with E-state index in [9.17, 15) is 4.79 Å². The van der Waals surface area contributed by atoms with Crippen molar-refractivity contribution in [2.45, 2.75) is 6.92 Å². The molecular formula is C8H10N2O2.